The van der Waals surface area contributed by atoms with Crippen LogP contribution in [0, 0.1) is 6.92 Å². The molecule has 1 aromatic rings. The highest BCUT2D eigenvalue weighted by Crippen LogP contribution is 2.20. The predicted molar refractivity (Wildman–Crippen MR) is 116 cm³/mol. The summed E-state index contributed by atoms with van der Waals surface area (Å²) in [5.41, 5.74) is 0.468. The van der Waals surface area contributed by atoms with Gasteiger partial charge in [-0.15, -0.1) is 24.0 Å². The third-order valence-electron chi connectivity index (χ3n) is 4.36. The molecule has 1 heterocycles. The number of guanidine groups is 1. The molecule has 1 aliphatic rings. The lowest BCUT2D eigenvalue weighted by atomic mass is 9.95. The molecule has 0 atom stereocenters. The normalized spacial score (nSPS) is 16.5. The first-order valence-electron chi connectivity index (χ1n) is 9.01. The fraction of sp³-hybridized carbons (Fsp3) is 0.632. The molecule has 2 rings (SSSR count). The first-order valence-corrected chi connectivity index (χ1v) is 9.01. The van der Waals surface area contributed by atoms with Crippen LogP contribution < -0.4 is 10.1 Å². The van der Waals surface area contributed by atoms with Gasteiger partial charge in [0.25, 0.3) is 0 Å². The molecule has 0 radical (unpaired) electrons. The molecule has 0 bridgehead atoms. The van der Waals surface area contributed by atoms with Gasteiger partial charge < -0.3 is 24.8 Å². The Bertz CT molecular complexity index is 545. The summed E-state index contributed by atoms with van der Waals surface area (Å²) >= 11 is 0. The van der Waals surface area contributed by atoms with E-state index >= 15 is 0 Å². The van der Waals surface area contributed by atoms with E-state index in [1.165, 1.54) is 5.56 Å². The Kier molecular flexibility index (Phi) is 10.3. The molecule has 7 heteroatoms. The summed E-state index contributed by atoms with van der Waals surface area (Å²) in [7, 11) is 1.98. The van der Waals surface area contributed by atoms with Crippen molar-refractivity contribution in [3.63, 3.8) is 0 Å². The van der Waals surface area contributed by atoms with E-state index in [1.54, 1.807) is 0 Å². The number of nitrogens with one attached hydrogen (secondary N) is 1. The fourth-order valence-electron chi connectivity index (χ4n) is 2.64. The van der Waals surface area contributed by atoms with Gasteiger partial charge in [0.2, 0.25) is 0 Å². The zero-order chi connectivity index (χ0) is 18.1. The van der Waals surface area contributed by atoms with Crippen molar-refractivity contribution in [2.24, 2.45) is 4.99 Å². The van der Waals surface area contributed by atoms with Crippen LogP contribution in [-0.4, -0.2) is 68.1 Å². The van der Waals surface area contributed by atoms with Gasteiger partial charge in [-0.2, -0.15) is 0 Å². The van der Waals surface area contributed by atoms with Crippen LogP contribution in [0.3, 0.4) is 0 Å². The van der Waals surface area contributed by atoms with Gasteiger partial charge in [0.1, 0.15) is 12.4 Å². The SMILES string of the molecule is CCNC(=NCC1(O)CCOCC1)N(C)CCOc1ccc(C)cc1.I. The van der Waals surface area contributed by atoms with Gasteiger partial charge in [0.05, 0.1) is 18.7 Å². The second-order valence-corrected chi connectivity index (χ2v) is 6.59. The molecular weight excluding hydrogens is 445 g/mol. The third-order valence-corrected chi connectivity index (χ3v) is 4.36. The van der Waals surface area contributed by atoms with Crippen molar-refractivity contribution < 1.29 is 14.6 Å². The topological polar surface area (TPSA) is 66.3 Å². The van der Waals surface area contributed by atoms with Crippen molar-refractivity contribution in [1.29, 1.82) is 0 Å². The lowest BCUT2D eigenvalue weighted by Crippen LogP contribution is -2.44. The fourth-order valence-corrected chi connectivity index (χ4v) is 2.64. The summed E-state index contributed by atoms with van der Waals surface area (Å²) in [6, 6.07) is 8.04. The quantitative estimate of drug-likeness (QED) is 0.359. The number of benzene rings is 1. The summed E-state index contributed by atoms with van der Waals surface area (Å²) in [5.74, 6) is 1.66. The number of likely N-dealkylation sites (N-methyl/N-ethyl adjacent to an activating group) is 1. The highest BCUT2D eigenvalue weighted by molar-refractivity contribution is 14.0. The number of aliphatic hydroxyl groups is 1. The second-order valence-electron chi connectivity index (χ2n) is 6.59. The van der Waals surface area contributed by atoms with Crippen LogP contribution in [-0.2, 0) is 4.74 Å². The number of halogens is 1. The Balaban J connectivity index is 0.00000338. The van der Waals surface area contributed by atoms with Gasteiger partial charge in [-0.05, 0) is 26.0 Å². The standard InChI is InChI=1S/C19H31N3O3.HI/c1-4-20-18(21-15-19(23)9-12-24-13-10-19)22(3)11-14-25-17-7-5-16(2)6-8-17;/h5-8,23H,4,9-15H2,1-3H3,(H,20,21);1H. The molecule has 0 aromatic heterocycles. The van der Waals surface area contributed by atoms with Crippen molar-refractivity contribution >= 4 is 29.9 Å². The van der Waals surface area contributed by atoms with E-state index < -0.39 is 5.60 Å². The zero-order valence-electron chi connectivity index (χ0n) is 16.0. The number of hydrogen-bond acceptors (Lipinski definition) is 4. The van der Waals surface area contributed by atoms with E-state index in [1.807, 2.05) is 43.1 Å². The molecule has 1 aliphatic heterocycles. The van der Waals surface area contributed by atoms with Gasteiger partial charge in [0, 0.05) is 39.6 Å². The Morgan fingerprint density at radius 2 is 1.96 bits per heavy atom. The number of aryl methyl sites for hydroxylation is 1. The summed E-state index contributed by atoms with van der Waals surface area (Å²) in [4.78, 5) is 6.64. The van der Waals surface area contributed by atoms with E-state index in [4.69, 9.17) is 9.47 Å². The lowest BCUT2D eigenvalue weighted by molar-refractivity contribution is -0.0566. The molecule has 1 aromatic carbocycles. The van der Waals surface area contributed by atoms with Crippen LogP contribution in [0.1, 0.15) is 25.3 Å². The molecule has 26 heavy (non-hydrogen) atoms. The maximum Gasteiger partial charge on any atom is 0.193 e. The highest BCUT2D eigenvalue weighted by Gasteiger charge is 2.29. The van der Waals surface area contributed by atoms with Crippen molar-refractivity contribution in [1.82, 2.24) is 10.2 Å². The molecule has 2 N–H and O–H groups in total. The van der Waals surface area contributed by atoms with Crippen LogP contribution in [0.5, 0.6) is 5.75 Å². The van der Waals surface area contributed by atoms with Crippen LogP contribution in [0.15, 0.2) is 29.3 Å². The van der Waals surface area contributed by atoms with Gasteiger partial charge >= 0.3 is 0 Å². The third kappa shape index (κ3) is 7.67. The zero-order valence-corrected chi connectivity index (χ0v) is 18.4. The predicted octanol–water partition coefficient (Wildman–Crippen LogP) is 2.43. The molecular formula is C19H32IN3O3. The molecule has 1 saturated heterocycles. The van der Waals surface area contributed by atoms with Gasteiger partial charge in [0.15, 0.2) is 5.96 Å². The summed E-state index contributed by atoms with van der Waals surface area (Å²) in [5, 5.41) is 13.8. The van der Waals surface area contributed by atoms with Crippen molar-refractivity contribution in [3.8, 4) is 5.75 Å². The van der Waals surface area contributed by atoms with Crippen LogP contribution in [0.4, 0.5) is 0 Å². The molecule has 0 spiro atoms. The Morgan fingerprint density at radius 1 is 1.31 bits per heavy atom. The lowest BCUT2D eigenvalue weighted by Gasteiger charge is -2.31. The van der Waals surface area contributed by atoms with Crippen molar-refractivity contribution in [2.45, 2.75) is 32.3 Å². The van der Waals surface area contributed by atoms with E-state index in [2.05, 4.69) is 17.2 Å². The average Bonchev–Trinajstić information content (AvgIpc) is 2.61. The minimum absolute atomic E-state index is 0. The molecule has 148 valence electrons. The monoisotopic (exact) mass is 477 g/mol. The second kappa shape index (κ2) is 11.6. The summed E-state index contributed by atoms with van der Waals surface area (Å²) in [6.07, 6.45) is 1.27. The van der Waals surface area contributed by atoms with E-state index in [0.717, 1.165) is 18.3 Å². The number of hydrogen-bond donors (Lipinski definition) is 2. The van der Waals surface area contributed by atoms with E-state index in [-0.39, 0.29) is 24.0 Å². The van der Waals surface area contributed by atoms with Crippen LogP contribution in [0.2, 0.25) is 0 Å². The highest BCUT2D eigenvalue weighted by atomic mass is 127. The smallest absolute Gasteiger partial charge is 0.193 e. The molecule has 0 unspecified atom stereocenters. The van der Waals surface area contributed by atoms with Crippen LogP contribution >= 0.6 is 24.0 Å². The minimum atomic E-state index is -0.752. The van der Waals surface area contributed by atoms with Crippen molar-refractivity contribution in [2.75, 3.05) is 46.5 Å². The number of aliphatic imine (C=N–C) groups is 1. The number of ether oxygens (including phenoxy) is 2. The first kappa shape index (κ1) is 23.0. The molecule has 1 fully saturated rings. The van der Waals surface area contributed by atoms with Crippen molar-refractivity contribution in [3.05, 3.63) is 29.8 Å². The maximum atomic E-state index is 10.6. The average molecular weight is 477 g/mol. The summed E-state index contributed by atoms with van der Waals surface area (Å²) < 4.78 is 11.1. The van der Waals surface area contributed by atoms with E-state index in [0.29, 0.717) is 45.8 Å². The molecule has 6 nitrogen and oxygen atoms in total. The van der Waals surface area contributed by atoms with Gasteiger partial charge in [-0.3, -0.25) is 4.99 Å². The molecule has 0 amide bonds. The van der Waals surface area contributed by atoms with Gasteiger partial charge in [-0.25, -0.2) is 0 Å². The molecule has 0 saturated carbocycles. The number of nitrogens with zero attached hydrogens (tertiary/aromatic N) is 2. The Labute approximate surface area is 174 Å². The first-order chi connectivity index (χ1) is 12.0. The molecule has 0 aliphatic carbocycles. The maximum absolute atomic E-state index is 10.6. The van der Waals surface area contributed by atoms with Crippen LogP contribution in [0.25, 0.3) is 0 Å². The van der Waals surface area contributed by atoms with E-state index in [9.17, 15) is 5.11 Å². The minimum Gasteiger partial charge on any atom is -0.492 e. The summed E-state index contributed by atoms with van der Waals surface area (Å²) in [6.45, 7) is 7.75. The number of rotatable bonds is 7. The Morgan fingerprint density at radius 3 is 2.58 bits per heavy atom. The largest absolute Gasteiger partial charge is 0.492 e. The van der Waals surface area contributed by atoms with Gasteiger partial charge in [-0.1, -0.05) is 17.7 Å². The Hall–Kier alpha value is -1.06.